The lowest BCUT2D eigenvalue weighted by atomic mass is 10.0. The van der Waals surface area contributed by atoms with Crippen molar-refractivity contribution in [2.45, 2.75) is 26.3 Å². The van der Waals surface area contributed by atoms with Crippen LogP contribution in [-0.2, 0) is 13.5 Å². The van der Waals surface area contributed by atoms with E-state index < -0.39 is 0 Å². The fourth-order valence-corrected chi connectivity index (χ4v) is 2.26. The van der Waals surface area contributed by atoms with Gasteiger partial charge in [0.05, 0.1) is 24.5 Å². The Bertz CT molecular complexity index is 575. The summed E-state index contributed by atoms with van der Waals surface area (Å²) in [5.74, 6) is 0.817. The summed E-state index contributed by atoms with van der Waals surface area (Å²) in [6.45, 7) is 4.14. The van der Waals surface area contributed by atoms with Crippen molar-refractivity contribution in [3.63, 3.8) is 0 Å². The number of hydrogen-bond acceptors (Lipinski definition) is 3. The molecule has 0 bridgehead atoms. The molecule has 1 aromatic heterocycles. The zero-order valence-electron chi connectivity index (χ0n) is 12.0. The summed E-state index contributed by atoms with van der Waals surface area (Å²) in [7, 11) is 3.60. The average molecular weight is 259 g/mol. The topological polar surface area (TPSA) is 53.1 Å². The Morgan fingerprint density at radius 3 is 2.68 bits per heavy atom. The number of nitrogens with zero attached hydrogens (tertiary/aromatic N) is 2. The molecule has 2 rings (SSSR count). The van der Waals surface area contributed by atoms with Crippen molar-refractivity contribution in [1.82, 2.24) is 9.78 Å². The minimum absolute atomic E-state index is 0.229. The second-order valence-corrected chi connectivity index (χ2v) is 4.76. The first-order valence-corrected chi connectivity index (χ1v) is 6.49. The Labute approximate surface area is 114 Å². The highest BCUT2D eigenvalue weighted by molar-refractivity contribution is 5.42. The molecule has 0 saturated carbocycles. The summed E-state index contributed by atoms with van der Waals surface area (Å²) < 4.78 is 7.26. The number of aryl methyl sites for hydroxylation is 3. The number of hydrogen-bond donors (Lipinski definition) is 1. The predicted molar refractivity (Wildman–Crippen MR) is 76.3 cm³/mol. The van der Waals surface area contributed by atoms with Crippen LogP contribution in [-0.4, -0.2) is 16.9 Å². The number of benzene rings is 1. The van der Waals surface area contributed by atoms with Crippen LogP contribution >= 0.6 is 0 Å². The van der Waals surface area contributed by atoms with E-state index in [9.17, 15) is 0 Å². The van der Waals surface area contributed by atoms with Gasteiger partial charge in [-0.1, -0.05) is 24.6 Å². The lowest BCUT2D eigenvalue weighted by Gasteiger charge is -2.16. The van der Waals surface area contributed by atoms with Crippen molar-refractivity contribution in [2.24, 2.45) is 12.8 Å². The van der Waals surface area contributed by atoms with Gasteiger partial charge in [-0.05, 0) is 25.5 Å². The quantitative estimate of drug-likeness (QED) is 0.917. The van der Waals surface area contributed by atoms with Crippen molar-refractivity contribution < 1.29 is 4.74 Å². The number of rotatable bonds is 4. The summed E-state index contributed by atoms with van der Waals surface area (Å²) >= 11 is 0. The number of aromatic nitrogens is 2. The van der Waals surface area contributed by atoms with E-state index in [1.54, 1.807) is 7.11 Å². The molecule has 0 aliphatic rings. The van der Waals surface area contributed by atoms with Crippen LogP contribution in [0.3, 0.4) is 0 Å². The predicted octanol–water partition coefficient (Wildman–Crippen LogP) is 2.35. The van der Waals surface area contributed by atoms with Gasteiger partial charge in [0.2, 0.25) is 0 Å². The third-order valence-corrected chi connectivity index (χ3v) is 3.37. The highest BCUT2D eigenvalue weighted by atomic mass is 16.5. The van der Waals surface area contributed by atoms with Crippen LogP contribution in [0.2, 0.25) is 0 Å². The van der Waals surface area contributed by atoms with Gasteiger partial charge in [0, 0.05) is 12.6 Å². The molecule has 4 heteroatoms. The maximum atomic E-state index is 6.39. The SMILES string of the molecule is CCc1cc(C(N)c2cc(C)ccc2OC)n(C)n1. The monoisotopic (exact) mass is 259 g/mol. The molecule has 4 nitrogen and oxygen atoms in total. The summed E-state index contributed by atoms with van der Waals surface area (Å²) in [4.78, 5) is 0. The van der Waals surface area contributed by atoms with Crippen LogP contribution in [0.15, 0.2) is 24.3 Å². The molecule has 0 fully saturated rings. The molecule has 2 aromatic rings. The van der Waals surface area contributed by atoms with Crippen LogP contribution in [0, 0.1) is 6.92 Å². The first-order chi connectivity index (χ1) is 9.06. The molecule has 0 aliphatic carbocycles. The van der Waals surface area contributed by atoms with Crippen LogP contribution in [0.25, 0.3) is 0 Å². The highest BCUT2D eigenvalue weighted by Gasteiger charge is 2.18. The van der Waals surface area contributed by atoms with Crippen molar-refractivity contribution in [3.8, 4) is 5.75 Å². The van der Waals surface area contributed by atoms with Gasteiger partial charge in [-0.15, -0.1) is 0 Å². The summed E-state index contributed by atoms with van der Waals surface area (Å²) in [5.41, 5.74) is 10.6. The van der Waals surface area contributed by atoms with Crippen molar-refractivity contribution in [3.05, 3.63) is 46.8 Å². The maximum absolute atomic E-state index is 6.39. The standard InChI is InChI=1S/C15H21N3O/c1-5-11-9-13(18(3)17-11)15(16)12-8-10(2)6-7-14(12)19-4/h6-9,15H,5,16H2,1-4H3. The lowest BCUT2D eigenvalue weighted by Crippen LogP contribution is -2.17. The van der Waals surface area contributed by atoms with Crippen LogP contribution in [0.1, 0.15) is 35.5 Å². The largest absolute Gasteiger partial charge is 0.496 e. The molecule has 2 N–H and O–H groups in total. The van der Waals surface area contributed by atoms with Crippen molar-refractivity contribution >= 4 is 0 Å². The highest BCUT2D eigenvalue weighted by Crippen LogP contribution is 2.29. The van der Waals surface area contributed by atoms with Gasteiger partial charge < -0.3 is 10.5 Å². The Morgan fingerprint density at radius 1 is 1.37 bits per heavy atom. The second kappa shape index (κ2) is 5.45. The first kappa shape index (κ1) is 13.6. The van der Waals surface area contributed by atoms with Crippen molar-refractivity contribution in [1.29, 1.82) is 0 Å². The normalized spacial score (nSPS) is 12.5. The number of nitrogens with two attached hydrogens (primary N) is 1. The van der Waals surface area contributed by atoms with E-state index in [-0.39, 0.29) is 6.04 Å². The zero-order valence-corrected chi connectivity index (χ0v) is 12.0. The van der Waals surface area contributed by atoms with Crippen molar-refractivity contribution in [2.75, 3.05) is 7.11 Å². The van der Waals surface area contributed by atoms with Crippen LogP contribution in [0.5, 0.6) is 5.75 Å². The van der Waals surface area contributed by atoms with E-state index in [1.807, 2.05) is 23.9 Å². The van der Waals surface area contributed by atoms with Gasteiger partial charge in [0.15, 0.2) is 0 Å². The van der Waals surface area contributed by atoms with E-state index in [2.05, 4.69) is 31.1 Å². The Hall–Kier alpha value is -1.81. The fourth-order valence-electron chi connectivity index (χ4n) is 2.26. The van der Waals surface area contributed by atoms with Gasteiger partial charge in [0.25, 0.3) is 0 Å². The molecule has 1 atom stereocenters. The Morgan fingerprint density at radius 2 is 2.11 bits per heavy atom. The van der Waals surface area contributed by atoms with Gasteiger partial charge in [0.1, 0.15) is 5.75 Å². The molecule has 1 aromatic carbocycles. The Kier molecular flexibility index (Phi) is 3.90. The molecule has 1 heterocycles. The third-order valence-electron chi connectivity index (χ3n) is 3.37. The number of ether oxygens (including phenoxy) is 1. The van der Waals surface area contributed by atoms with Crippen LogP contribution in [0.4, 0.5) is 0 Å². The minimum Gasteiger partial charge on any atom is -0.496 e. The summed E-state index contributed by atoms with van der Waals surface area (Å²) in [5, 5.41) is 4.45. The van der Waals surface area contributed by atoms with E-state index in [0.29, 0.717) is 0 Å². The van der Waals surface area contributed by atoms with Gasteiger partial charge >= 0.3 is 0 Å². The van der Waals surface area contributed by atoms with Crippen LogP contribution < -0.4 is 10.5 Å². The summed E-state index contributed by atoms with van der Waals surface area (Å²) in [6.07, 6.45) is 0.908. The van der Waals surface area contributed by atoms with Gasteiger partial charge in [-0.25, -0.2) is 0 Å². The minimum atomic E-state index is -0.229. The molecular weight excluding hydrogens is 238 g/mol. The lowest BCUT2D eigenvalue weighted by molar-refractivity contribution is 0.407. The van der Waals surface area contributed by atoms with E-state index in [1.165, 1.54) is 5.56 Å². The Balaban J connectivity index is 2.45. The molecule has 0 aliphatic heterocycles. The molecule has 0 radical (unpaired) electrons. The zero-order chi connectivity index (χ0) is 14.0. The molecule has 102 valence electrons. The molecule has 0 amide bonds. The number of methoxy groups -OCH3 is 1. The van der Waals surface area contributed by atoms with E-state index in [4.69, 9.17) is 10.5 Å². The second-order valence-electron chi connectivity index (χ2n) is 4.76. The van der Waals surface area contributed by atoms with Gasteiger partial charge in [-0.3, -0.25) is 4.68 Å². The smallest absolute Gasteiger partial charge is 0.124 e. The molecule has 1 unspecified atom stereocenters. The summed E-state index contributed by atoms with van der Waals surface area (Å²) in [6, 6.07) is 7.89. The maximum Gasteiger partial charge on any atom is 0.124 e. The van der Waals surface area contributed by atoms with E-state index >= 15 is 0 Å². The fraction of sp³-hybridized carbons (Fsp3) is 0.400. The van der Waals surface area contributed by atoms with E-state index in [0.717, 1.165) is 29.1 Å². The first-order valence-electron chi connectivity index (χ1n) is 6.49. The molecule has 19 heavy (non-hydrogen) atoms. The molecule has 0 saturated heterocycles. The molecule has 0 spiro atoms. The average Bonchev–Trinajstić information content (AvgIpc) is 2.79. The third kappa shape index (κ3) is 2.63. The molecular formula is C15H21N3O. The van der Waals surface area contributed by atoms with Gasteiger partial charge in [-0.2, -0.15) is 5.10 Å².